The average Bonchev–Trinajstić information content (AvgIpc) is 2.12. The second-order valence-corrected chi connectivity index (χ2v) is 6.70. The summed E-state index contributed by atoms with van der Waals surface area (Å²) in [5.41, 5.74) is -0.530. The summed E-state index contributed by atoms with van der Waals surface area (Å²) in [6.45, 7) is 12.6. The molecule has 0 bridgehead atoms. The van der Waals surface area contributed by atoms with E-state index in [2.05, 4.69) is 33.0 Å². The second-order valence-electron chi connectivity index (χ2n) is 6.70. The van der Waals surface area contributed by atoms with Gasteiger partial charge in [-0.05, 0) is 31.1 Å². The molecule has 0 aromatic rings. The zero-order chi connectivity index (χ0) is 13.7. The normalized spacial score (nSPS) is 17.4. The van der Waals surface area contributed by atoms with Crippen LogP contribution in [0, 0.1) is 11.3 Å². The monoisotopic (exact) mass is 243 g/mol. The van der Waals surface area contributed by atoms with E-state index >= 15 is 0 Å². The van der Waals surface area contributed by atoms with E-state index in [9.17, 15) is 9.90 Å². The molecule has 0 aliphatic heterocycles. The number of nitrogens with one attached hydrogen (secondary N) is 1. The summed E-state index contributed by atoms with van der Waals surface area (Å²) in [5, 5.41) is 12.6. The highest BCUT2D eigenvalue weighted by Gasteiger charge is 2.21. The van der Waals surface area contributed by atoms with Gasteiger partial charge in [0, 0.05) is 13.0 Å². The van der Waals surface area contributed by atoms with E-state index < -0.39 is 5.60 Å². The van der Waals surface area contributed by atoms with Crippen LogP contribution >= 0.6 is 0 Å². The first-order valence-corrected chi connectivity index (χ1v) is 6.55. The second kappa shape index (κ2) is 6.39. The van der Waals surface area contributed by atoms with Crippen LogP contribution in [-0.4, -0.2) is 23.2 Å². The lowest BCUT2D eigenvalue weighted by molar-refractivity contribution is -0.123. The highest BCUT2D eigenvalue weighted by atomic mass is 16.3. The van der Waals surface area contributed by atoms with E-state index in [1.165, 1.54) is 0 Å². The first kappa shape index (κ1) is 16.4. The summed E-state index contributed by atoms with van der Waals surface area (Å²) in [5.74, 6) is 0.414. The van der Waals surface area contributed by atoms with Gasteiger partial charge >= 0.3 is 0 Å². The van der Waals surface area contributed by atoms with Crippen molar-refractivity contribution in [3.63, 3.8) is 0 Å². The lowest BCUT2D eigenvalue weighted by atomic mass is 9.84. The van der Waals surface area contributed by atoms with Gasteiger partial charge in [-0.25, -0.2) is 0 Å². The van der Waals surface area contributed by atoms with Crippen LogP contribution in [0.5, 0.6) is 0 Å². The molecule has 0 aromatic carbocycles. The van der Waals surface area contributed by atoms with Gasteiger partial charge in [-0.15, -0.1) is 0 Å². The SMILES string of the molecule is CCC(C)(O)CNC(=O)CC(C)CC(C)(C)C. The molecular weight excluding hydrogens is 214 g/mol. The van der Waals surface area contributed by atoms with Crippen molar-refractivity contribution in [2.24, 2.45) is 11.3 Å². The van der Waals surface area contributed by atoms with E-state index in [1.807, 2.05) is 6.92 Å². The van der Waals surface area contributed by atoms with Crippen LogP contribution in [0.2, 0.25) is 0 Å². The minimum absolute atomic E-state index is 0.0375. The van der Waals surface area contributed by atoms with Crippen LogP contribution < -0.4 is 5.32 Å². The van der Waals surface area contributed by atoms with Crippen LogP contribution in [0.15, 0.2) is 0 Å². The van der Waals surface area contributed by atoms with Gasteiger partial charge in [0.25, 0.3) is 0 Å². The predicted molar refractivity (Wildman–Crippen MR) is 71.8 cm³/mol. The van der Waals surface area contributed by atoms with Crippen LogP contribution in [-0.2, 0) is 4.79 Å². The number of amides is 1. The molecule has 3 nitrogen and oxygen atoms in total. The summed E-state index contributed by atoms with van der Waals surface area (Å²) >= 11 is 0. The molecule has 0 aliphatic rings. The maximum atomic E-state index is 11.7. The Balaban J connectivity index is 3.95. The first-order chi connectivity index (χ1) is 7.56. The standard InChI is InChI=1S/C14H29NO2/c1-7-14(6,17)10-15-12(16)8-11(2)9-13(3,4)5/h11,17H,7-10H2,1-6H3,(H,15,16). The number of carbonyl (C=O) groups is 1. The average molecular weight is 243 g/mol. The third-order valence-corrected chi connectivity index (χ3v) is 2.92. The van der Waals surface area contributed by atoms with Gasteiger partial charge < -0.3 is 10.4 Å². The number of rotatable bonds is 6. The summed E-state index contributed by atoms with van der Waals surface area (Å²) < 4.78 is 0. The fourth-order valence-electron chi connectivity index (χ4n) is 1.92. The van der Waals surface area contributed by atoms with Crippen LogP contribution in [0.25, 0.3) is 0 Å². The molecule has 0 aliphatic carbocycles. The van der Waals surface area contributed by atoms with Gasteiger partial charge in [-0.2, -0.15) is 0 Å². The maximum absolute atomic E-state index is 11.7. The van der Waals surface area contributed by atoms with Crippen molar-refractivity contribution < 1.29 is 9.90 Å². The summed E-state index contributed by atoms with van der Waals surface area (Å²) in [7, 11) is 0. The number of hydrogen-bond acceptors (Lipinski definition) is 2. The fourth-order valence-corrected chi connectivity index (χ4v) is 1.92. The van der Waals surface area contributed by atoms with Gasteiger partial charge in [-0.1, -0.05) is 34.6 Å². The Morgan fingerprint density at radius 1 is 1.29 bits per heavy atom. The third-order valence-electron chi connectivity index (χ3n) is 2.92. The van der Waals surface area contributed by atoms with E-state index in [0.717, 1.165) is 6.42 Å². The van der Waals surface area contributed by atoms with Crippen molar-refractivity contribution in [2.45, 2.75) is 66.4 Å². The molecule has 2 N–H and O–H groups in total. The van der Waals surface area contributed by atoms with E-state index in [0.29, 0.717) is 25.3 Å². The summed E-state index contributed by atoms with van der Waals surface area (Å²) in [6.07, 6.45) is 2.21. The zero-order valence-corrected chi connectivity index (χ0v) is 12.3. The van der Waals surface area contributed by atoms with Crippen molar-refractivity contribution in [2.75, 3.05) is 6.54 Å². The Morgan fingerprint density at radius 2 is 1.82 bits per heavy atom. The first-order valence-electron chi connectivity index (χ1n) is 6.55. The highest BCUT2D eigenvalue weighted by molar-refractivity contribution is 5.76. The molecule has 0 saturated carbocycles. The van der Waals surface area contributed by atoms with Gasteiger partial charge in [0.05, 0.1) is 5.60 Å². The lowest BCUT2D eigenvalue weighted by Crippen LogP contribution is -2.40. The van der Waals surface area contributed by atoms with Gasteiger partial charge in [0.2, 0.25) is 5.91 Å². The van der Waals surface area contributed by atoms with Crippen molar-refractivity contribution >= 4 is 5.91 Å². The number of hydrogen-bond donors (Lipinski definition) is 2. The van der Waals surface area contributed by atoms with Gasteiger partial charge in [0.1, 0.15) is 0 Å². The Kier molecular flexibility index (Phi) is 6.17. The molecule has 0 fully saturated rings. The number of aliphatic hydroxyl groups is 1. The zero-order valence-electron chi connectivity index (χ0n) is 12.3. The predicted octanol–water partition coefficient (Wildman–Crippen LogP) is 2.73. The molecule has 0 saturated heterocycles. The number of carbonyl (C=O) groups excluding carboxylic acids is 1. The molecule has 2 atom stereocenters. The van der Waals surface area contributed by atoms with Gasteiger partial charge in [0.15, 0.2) is 0 Å². The molecule has 0 aromatic heterocycles. The van der Waals surface area contributed by atoms with Crippen LogP contribution in [0.3, 0.4) is 0 Å². The van der Waals surface area contributed by atoms with Crippen LogP contribution in [0.1, 0.15) is 60.8 Å². The molecule has 17 heavy (non-hydrogen) atoms. The molecule has 0 heterocycles. The quantitative estimate of drug-likeness (QED) is 0.753. The molecule has 0 spiro atoms. The van der Waals surface area contributed by atoms with Crippen LogP contribution in [0.4, 0.5) is 0 Å². The van der Waals surface area contributed by atoms with Gasteiger partial charge in [-0.3, -0.25) is 4.79 Å². The Labute approximate surface area is 106 Å². The molecule has 102 valence electrons. The lowest BCUT2D eigenvalue weighted by Gasteiger charge is -2.24. The Morgan fingerprint density at radius 3 is 2.24 bits per heavy atom. The summed E-state index contributed by atoms with van der Waals surface area (Å²) in [4.78, 5) is 11.7. The van der Waals surface area contributed by atoms with Crippen molar-refractivity contribution in [1.29, 1.82) is 0 Å². The third kappa shape index (κ3) is 9.16. The van der Waals surface area contributed by atoms with E-state index in [-0.39, 0.29) is 11.3 Å². The van der Waals surface area contributed by atoms with Crippen molar-refractivity contribution in [3.8, 4) is 0 Å². The highest BCUT2D eigenvalue weighted by Crippen LogP contribution is 2.25. The molecule has 2 unspecified atom stereocenters. The van der Waals surface area contributed by atoms with Crippen molar-refractivity contribution in [1.82, 2.24) is 5.32 Å². The molecule has 3 heteroatoms. The largest absolute Gasteiger partial charge is 0.388 e. The minimum Gasteiger partial charge on any atom is -0.388 e. The maximum Gasteiger partial charge on any atom is 0.220 e. The molecule has 0 rings (SSSR count). The molecule has 0 radical (unpaired) electrons. The minimum atomic E-state index is -0.789. The Bertz CT molecular complexity index is 241. The Hall–Kier alpha value is -0.570. The smallest absolute Gasteiger partial charge is 0.220 e. The molecular formula is C14H29NO2. The van der Waals surface area contributed by atoms with Crippen molar-refractivity contribution in [3.05, 3.63) is 0 Å². The van der Waals surface area contributed by atoms with E-state index in [1.54, 1.807) is 6.92 Å². The molecule has 1 amide bonds. The van der Waals surface area contributed by atoms with E-state index in [4.69, 9.17) is 0 Å². The topological polar surface area (TPSA) is 49.3 Å². The summed E-state index contributed by atoms with van der Waals surface area (Å²) in [6, 6.07) is 0. The fraction of sp³-hybridized carbons (Fsp3) is 0.929.